The van der Waals surface area contributed by atoms with Crippen LogP contribution in [0.3, 0.4) is 0 Å². The fraction of sp³-hybridized carbons (Fsp3) is 0.667. The van der Waals surface area contributed by atoms with Crippen LogP contribution < -0.4 is 5.73 Å². The number of nitrogens with two attached hydrogens (primary N) is 1. The van der Waals surface area contributed by atoms with Crippen LogP contribution in [0.2, 0.25) is 0 Å². The maximum atomic E-state index is 11.5. The number of amides is 1. The lowest BCUT2D eigenvalue weighted by atomic mass is 10.1. The first-order chi connectivity index (χ1) is 7.91. The molecule has 0 bridgehead atoms. The summed E-state index contributed by atoms with van der Waals surface area (Å²) in [5.74, 6) is -0.726. The molecule has 7 nitrogen and oxygen atoms in total. The summed E-state index contributed by atoms with van der Waals surface area (Å²) in [5.41, 5.74) is 5.14. The van der Waals surface area contributed by atoms with E-state index in [1.165, 1.54) is 13.0 Å². The van der Waals surface area contributed by atoms with Crippen molar-refractivity contribution in [2.24, 2.45) is 5.73 Å². The number of carbonyl (C=O) groups excluding carboxylic acids is 1. The predicted molar refractivity (Wildman–Crippen MR) is 68.6 cm³/mol. The molecule has 1 unspecified atom stereocenters. The van der Waals surface area contributed by atoms with Gasteiger partial charge >= 0.3 is 0 Å². The molecule has 106 valence electrons. The van der Waals surface area contributed by atoms with Gasteiger partial charge in [0.1, 0.15) is 0 Å². The van der Waals surface area contributed by atoms with Crippen LogP contribution in [0.15, 0.2) is 11.6 Å². The molecule has 1 amide bonds. The van der Waals surface area contributed by atoms with Gasteiger partial charge in [-0.15, -0.1) is 0 Å². The van der Waals surface area contributed by atoms with E-state index < -0.39 is 32.0 Å². The average molecular weight is 298 g/mol. The first-order valence-electron chi connectivity index (χ1n) is 5.09. The second-order valence-corrected chi connectivity index (χ2v) is 7.89. The molecule has 0 saturated carbocycles. The second kappa shape index (κ2) is 5.81. The van der Waals surface area contributed by atoms with Crippen LogP contribution >= 0.6 is 0 Å². The number of hydrogen-bond donors (Lipinski definition) is 1. The van der Waals surface area contributed by atoms with Gasteiger partial charge in [-0.05, 0) is 13.3 Å². The van der Waals surface area contributed by atoms with E-state index in [1.807, 2.05) is 0 Å². The van der Waals surface area contributed by atoms with E-state index in [2.05, 4.69) is 0 Å². The Bertz CT molecular complexity index is 516. The maximum Gasteiger partial charge on any atom is 0.244 e. The molecule has 9 heteroatoms. The van der Waals surface area contributed by atoms with Crippen molar-refractivity contribution in [3.05, 3.63) is 11.6 Å². The summed E-state index contributed by atoms with van der Waals surface area (Å²) in [4.78, 5) is 10.9. The highest BCUT2D eigenvalue weighted by Crippen LogP contribution is 2.16. The third kappa shape index (κ3) is 4.75. The Labute approximate surface area is 108 Å². The van der Waals surface area contributed by atoms with Crippen LogP contribution in [0, 0.1) is 0 Å². The van der Waals surface area contributed by atoms with E-state index in [1.54, 1.807) is 6.92 Å². The van der Waals surface area contributed by atoms with E-state index >= 15 is 0 Å². The molecule has 0 aromatic carbocycles. The predicted octanol–water partition coefficient (Wildman–Crippen LogP) is -0.582. The van der Waals surface area contributed by atoms with Gasteiger partial charge in [-0.1, -0.05) is 16.7 Å². The Kier molecular flexibility index (Phi) is 5.51. The first-order valence-corrected chi connectivity index (χ1v) is 8.78. The monoisotopic (exact) mass is 298 g/mol. The SMILES string of the molecule is CCC(C=C(C)C(N)=O)N(S(C)(=O)=O)S(C)(=O)=O. The van der Waals surface area contributed by atoms with Crippen LogP contribution in [0.4, 0.5) is 0 Å². The standard InChI is InChI=1S/C9H18N2O5S2/c1-5-8(6-7(2)9(10)12)11(17(3,13)14)18(4,15)16/h6,8H,5H2,1-4H3,(H2,10,12). The van der Waals surface area contributed by atoms with Crippen molar-refractivity contribution in [3.63, 3.8) is 0 Å². The van der Waals surface area contributed by atoms with E-state index in [4.69, 9.17) is 5.73 Å². The zero-order valence-electron chi connectivity index (χ0n) is 10.7. The molecule has 0 radical (unpaired) electrons. The summed E-state index contributed by atoms with van der Waals surface area (Å²) in [6, 6.07) is -0.956. The zero-order chi connectivity index (χ0) is 14.7. The molecule has 0 aromatic heterocycles. The van der Waals surface area contributed by atoms with E-state index in [0.29, 0.717) is 3.71 Å². The lowest BCUT2D eigenvalue weighted by molar-refractivity contribution is -0.114. The molecule has 0 aliphatic rings. The topological polar surface area (TPSA) is 115 Å². The smallest absolute Gasteiger partial charge is 0.244 e. The summed E-state index contributed by atoms with van der Waals surface area (Å²) >= 11 is 0. The normalized spacial score (nSPS) is 15.7. The molecule has 0 aliphatic carbocycles. The fourth-order valence-electron chi connectivity index (χ4n) is 1.44. The Hall–Kier alpha value is -0.930. The van der Waals surface area contributed by atoms with E-state index in [-0.39, 0.29) is 12.0 Å². The second-order valence-electron chi connectivity index (χ2n) is 3.94. The minimum Gasteiger partial charge on any atom is -0.366 e. The highest BCUT2D eigenvalue weighted by atomic mass is 32.3. The quantitative estimate of drug-likeness (QED) is 0.659. The van der Waals surface area contributed by atoms with Crippen LogP contribution in [0.25, 0.3) is 0 Å². The van der Waals surface area contributed by atoms with Crippen molar-refractivity contribution in [2.45, 2.75) is 26.3 Å². The van der Waals surface area contributed by atoms with Crippen LogP contribution in [0.1, 0.15) is 20.3 Å². The Morgan fingerprint density at radius 1 is 1.22 bits per heavy atom. The molecule has 2 N–H and O–H groups in total. The van der Waals surface area contributed by atoms with Crippen LogP contribution in [-0.4, -0.2) is 45.0 Å². The summed E-state index contributed by atoms with van der Waals surface area (Å²) < 4.78 is 46.5. The molecule has 1 atom stereocenters. The van der Waals surface area contributed by atoms with Crippen molar-refractivity contribution >= 4 is 26.0 Å². The third-order valence-corrected chi connectivity index (χ3v) is 5.65. The van der Waals surface area contributed by atoms with Crippen LogP contribution in [0.5, 0.6) is 0 Å². The molecular formula is C9H18N2O5S2. The molecule has 0 spiro atoms. The summed E-state index contributed by atoms with van der Waals surface area (Å²) in [7, 11) is -7.91. The average Bonchev–Trinajstić information content (AvgIpc) is 2.11. The molecule has 0 rings (SSSR count). The zero-order valence-corrected chi connectivity index (χ0v) is 12.4. The van der Waals surface area contributed by atoms with Gasteiger partial charge in [-0.25, -0.2) is 16.8 Å². The first kappa shape index (κ1) is 17.1. The van der Waals surface area contributed by atoms with Gasteiger partial charge in [0.25, 0.3) is 0 Å². The lowest BCUT2D eigenvalue weighted by Crippen LogP contribution is -2.42. The Balaban J connectivity index is 5.76. The summed E-state index contributed by atoms with van der Waals surface area (Å²) in [5, 5.41) is 0. The maximum absolute atomic E-state index is 11.5. The Morgan fingerprint density at radius 3 is 1.83 bits per heavy atom. The highest BCUT2D eigenvalue weighted by Gasteiger charge is 2.32. The number of nitrogens with zero attached hydrogens (tertiary/aromatic N) is 1. The number of hydrogen-bond acceptors (Lipinski definition) is 5. The van der Waals surface area contributed by atoms with Gasteiger partial charge in [0.2, 0.25) is 26.0 Å². The molecule has 0 fully saturated rings. The van der Waals surface area contributed by atoms with Gasteiger partial charge in [0.05, 0.1) is 18.6 Å². The number of primary amides is 1. The summed E-state index contributed by atoms with van der Waals surface area (Å²) in [6.07, 6.45) is 3.03. The van der Waals surface area contributed by atoms with Gasteiger partial charge in [-0.3, -0.25) is 4.79 Å². The molecular weight excluding hydrogens is 280 g/mol. The Morgan fingerprint density at radius 2 is 1.61 bits per heavy atom. The molecule has 0 aliphatic heterocycles. The summed E-state index contributed by atoms with van der Waals surface area (Å²) in [6.45, 7) is 3.01. The number of rotatable bonds is 6. The van der Waals surface area contributed by atoms with E-state index in [9.17, 15) is 21.6 Å². The number of carbonyl (C=O) groups is 1. The minimum absolute atomic E-state index is 0.110. The molecule has 0 heterocycles. The highest BCUT2D eigenvalue weighted by molar-refractivity contribution is 8.03. The van der Waals surface area contributed by atoms with Crippen LogP contribution in [-0.2, 0) is 24.8 Å². The van der Waals surface area contributed by atoms with Crippen molar-refractivity contribution in [2.75, 3.05) is 12.5 Å². The van der Waals surface area contributed by atoms with Crippen molar-refractivity contribution in [1.82, 2.24) is 3.71 Å². The van der Waals surface area contributed by atoms with Gasteiger partial charge < -0.3 is 5.73 Å². The van der Waals surface area contributed by atoms with Gasteiger partial charge in [-0.2, -0.15) is 0 Å². The molecule has 18 heavy (non-hydrogen) atoms. The van der Waals surface area contributed by atoms with E-state index in [0.717, 1.165) is 12.5 Å². The largest absolute Gasteiger partial charge is 0.366 e. The molecule has 0 saturated heterocycles. The third-order valence-electron chi connectivity index (χ3n) is 2.17. The minimum atomic E-state index is -3.96. The lowest BCUT2D eigenvalue weighted by Gasteiger charge is -2.24. The van der Waals surface area contributed by atoms with Crippen molar-refractivity contribution in [1.29, 1.82) is 0 Å². The van der Waals surface area contributed by atoms with Gasteiger partial charge in [0.15, 0.2) is 0 Å². The van der Waals surface area contributed by atoms with Gasteiger partial charge in [0, 0.05) is 5.57 Å². The van der Waals surface area contributed by atoms with Crippen molar-refractivity contribution in [3.8, 4) is 0 Å². The molecule has 0 aromatic rings. The van der Waals surface area contributed by atoms with Crippen molar-refractivity contribution < 1.29 is 21.6 Å². The number of sulfonamides is 2. The fourth-order valence-corrected chi connectivity index (χ4v) is 4.81.